The number of nitrogens with zero attached hydrogens (tertiary/aromatic N) is 2. The van der Waals surface area contributed by atoms with Crippen molar-refractivity contribution in [3.8, 4) is 23.2 Å². The van der Waals surface area contributed by atoms with Crippen molar-refractivity contribution in [2.75, 3.05) is 0 Å². The van der Waals surface area contributed by atoms with E-state index in [2.05, 4.69) is 16.3 Å². The number of nitrogens with two attached hydrogens (primary N) is 1. The van der Waals surface area contributed by atoms with Gasteiger partial charge in [-0.05, 0) is 30.2 Å². The van der Waals surface area contributed by atoms with Crippen LogP contribution in [0.2, 0.25) is 10.0 Å². The van der Waals surface area contributed by atoms with Crippen LogP contribution in [0.15, 0.2) is 53.9 Å². The summed E-state index contributed by atoms with van der Waals surface area (Å²) in [5, 5.41) is 17.9. The van der Waals surface area contributed by atoms with Crippen molar-refractivity contribution in [1.29, 1.82) is 5.26 Å². The van der Waals surface area contributed by atoms with Crippen LogP contribution in [-0.2, 0) is 0 Å². The Morgan fingerprint density at radius 2 is 1.96 bits per heavy atom. The van der Waals surface area contributed by atoms with Crippen molar-refractivity contribution in [2.45, 2.75) is 12.8 Å². The molecule has 3 N–H and O–H groups in total. The summed E-state index contributed by atoms with van der Waals surface area (Å²) in [7, 11) is 0. The maximum atomic E-state index is 9.75. The summed E-state index contributed by atoms with van der Waals surface area (Å²) in [6.45, 7) is 1.99. The fourth-order valence-electron chi connectivity index (χ4n) is 3.34. The molecule has 0 bridgehead atoms. The maximum Gasteiger partial charge on any atom is 0.244 e. The number of rotatable bonds is 2. The molecule has 3 aromatic rings. The number of hydrogen-bond donors (Lipinski definition) is 2. The van der Waals surface area contributed by atoms with Crippen LogP contribution in [0.1, 0.15) is 22.6 Å². The average molecular weight is 397 g/mol. The van der Waals surface area contributed by atoms with Crippen molar-refractivity contribution >= 4 is 23.2 Å². The van der Waals surface area contributed by atoms with E-state index in [0.29, 0.717) is 27.2 Å². The Balaban J connectivity index is 1.98. The Labute approximate surface area is 166 Å². The molecule has 0 saturated carbocycles. The zero-order valence-electron chi connectivity index (χ0n) is 14.3. The van der Waals surface area contributed by atoms with Gasteiger partial charge in [0.15, 0.2) is 0 Å². The number of halogens is 2. The summed E-state index contributed by atoms with van der Waals surface area (Å²) in [6.07, 6.45) is 0. The molecule has 0 unspecified atom stereocenters. The van der Waals surface area contributed by atoms with Gasteiger partial charge in [-0.15, -0.1) is 5.10 Å². The molecule has 134 valence electrons. The molecule has 0 amide bonds. The smallest absolute Gasteiger partial charge is 0.244 e. The fourth-order valence-corrected chi connectivity index (χ4v) is 3.64. The van der Waals surface area contributed by atoms with E-state index >= 15 is 0 Å². The van der Waals surface area contributed by atoms with E-state index in [1.165, 1.54) is 0 Å². The van der Waals surface area contributed by atoms with Crippen LogP contribution in [0, 0.1) is 18.3 Å². The summed E-state index contributed by atoms with van der Waals surface area (Å²) >= 11 is 12.2. The molecular formula is C20H14Cl2N4O. The minimum Gasteiger partial charge on any atom is -0.420 e. The first kappa shape index (κ1) is 17.5. The van der Waals surface area contributed by atoms with Gasteiger partial charge in [-0.1, -0.05) is 53.5 Å². The van der Waals surface area contributed by atoms with Crippen LogP contribution >= 0.6 is 23.2 Å². The van der Waals surface area contributed by atoms with Crippen LogP contribution < -0.4 is 10.5 Å². The number of ether oxygens (including phenoxy) is 1. The lowest BCUT2D eigenvalue weighted by molar-refractivity contribution is 0.379. The van der Waals surface area contributed by atoms with E-state index < -0.39 is 5.92 Å². The Hall–Kier alpha value is -2.94. The predicted octanol–water partition coefficient (Wildman–Crippen LogP) is 4.91. The second-order valence-corrected chi connectivity index (χ2v) is 7.04. The van der Waals surface area contributed by atoms with Crippen molar-refractivity contribution in [2.24, 2.45) is 5.73 Å². The van der Waals surface area contributed by atoms with Gasteiger partial charge in [0.05, 0.1) is 27.2 Å². The highest BCUT2D eigenvalue weighted by molar-refractivity contribution is 6.42. The standard InChI is InChI=1S/C20H14Cl2N4O/c1-10-4-2-3-5-12(10)16-13(9-23)19(24)27-20-17(16)18(25-26-20)11-6-7-14(21)15(22)8-11/h2-8,16H,24H2,1H3,(H,25,26)/t16-/m1/s1. The zero-order chi connectivity index (χ0) is 19.1. The number of fused-ring (bicyclic) bond motifs is 1. The number of allylic oxidation sites excluding steroid dienone is 1. The predicted molar refractivity (Wildman–Crippen MR) is 105 cm³/mol. The molecule has 2 heterocycles. The lowest BCUT2D eigenvalue weighted by atomic mass is 9.81. The summed E-state index contributed by atoms with van der Waals surface area (Å²) in [5.74, 6) is 0.00872. The molecule has 0 fully saturated rings. The van der Waals surface area contributed by atoms with Crippen molar-refractivity contribution in [3.05, 3.63) is 80.7 Å². The molecule has 27 heavy (non-hydrogen) atoms. The van der Waals surface area contributed by atoms with Crippen LogP contribution in [0.4, 0.5) is 0 Å². The third-order valence-corrected chi connectivity index (χ3v) is 5.39. The molecule has 1 atom stereocenters. The second-order valence-electron chi connectivity index (χ2n) is 6.23. The number of aromatic amines is 1. The third kappa shape index (κ3) is 2.84. The normalized spacial score (nSPS) is 15.9. The highest BCUT2D eigenvalue weighted by Gasteiger charge is 2.36. The Morgan fingerprint density at radius 3 is 2.67 bits per heavy atom. The number of aromatic nitrogens is 2. The molecule has 4 rings (SSSR count). The first-order valence-corrected chi connectivity index (χ1v) is 8.93. The van der Waals surface area contributed by atoms with E-state index in [9.17, 15) is 5.26 Å². The van der Waals surface area contributed by atoms with Gasteiger partial charge in [-0.25, -0.2) is 0 Å². The van der Waals surface area contributed by atoms with Crippen LogP contribution in [0.3, 0.4) is 0 Å². The van der Waals surface area contributed by atoms with Gasteiger partial charge in [-0.3, -0.25) is 5.10 Å². The number of nitrogens with one attached hydrogen (secondary N) is 1. The van der Waals surface area contributed by atoms with Crippen molar-refractivity contribution in [1.82, 2.24) is 10.2 Å². The third-order valence-electron chi connectivity index (χ3n) is 4.65. The van der Waals surface area contributed by atoms with E-state index in [1.807, 2.05) is 37.3 Å². The lowest BCUT2D eigenvalue weighted by Crippen LogP contribution is -2.21. The van der Waals surface area contributed by atoms with Gasteiger partial charge in [0.25, 0.3) is 0 Å². The Morgan fingerprint density at radius 1 is 1.19 bits per heavy atom. The molecule has 1 aliphatic rings. The van der Waals surface area contributed by atoms with Crippen LogP contribution in [0.25, 0.3) is 11.3 Å². The van der Waals surface area contributed by atoms with Crippen LogP contribution in [0.5, 0.6) is 5.88 Å². The average Bonchev–Trinajstić information content (AvgIpc) is 3.07. The number of aryl methyl sites for hydroxylation is 1. The Kier molecular flexibility index (Phi) is 4.31. The van der Waals surface area contributed by atoms with Gasteiger partial charge in [-0.2, -0.15) is 5.26 Å². The van der Waals surface area contributed by atoms with E-state index in [1.54, 1.807) is 12.1 Å². The Bertz CT molecular complexity index is 1130. The minimum absolute atomic E-state index is 0.0606. The summed E-state index contributed by atoms with van der Waals surface area (Å²) in [5.41, 5.74) is 10.6. The molecule has 0 saturated heterocycles. The molecule has 5 nitrogen and oxygen atoms in total. The number of hydrogen-bond acceptors (Lipinski definition) is 4. The van der Waals surface area contributed by atoms with Crippen molar-refractivity contribution in [3.63, 3.8) is 0 Å². The maximum absolute atomic E-state index is 9.75. The van der Waals surface area contributed by atoms with Gasteiger partial charge >= 0.3 is 0 Å². The highest BCUT2D eigenvalue weighted by Crippen LogP contribution is 2.46. The molecule has 2 aromatic carbocycles. The molecule has 1 aliphatic heterocycles. The summed E-state index contributed by atoms with van der Waals surface area (Å²) < 4.78 is 5.62. The first-order chi connectivity index (χ1) is 13.0. The largest absolute Gasteiger partial charge is 0.420 e. The van der Waals surface area contributed by atoms with Crippen molar-refractivity contribution < 1.29 is 4.74 Å². The van der Waals surface area contributed by atoms with Gasteiger partial charge in [0, 0.05) is 5.56 Å². The molecule has 0 aliphatic carbocycles. The van der Waals surface area contributed by atoms with E-state index in [-0.39, 0.29) is 5.88 Å². The quantitative estimate of drug-likeness (QED) is 0.643. The SMILES string of the molecule is Cc1ccccc1[C@@H]1C(C#N)=C(N)Oc2n[nH]c(-c3ccc(Cl)c(Cl)c3)c21. The van der Waals surface area contributed by atoms with E-state index in [0.717, 1.165) is 22.3 Å². The minimum atomic E-state index is -0.400. The zero-order valence-corrected chi connectivity index (χ0v) is 15.8. The molecule has 0 radical (unpaired) electrons. The summed E-state index contributed by atoms with van der Waals surface area (Å²) in [4.78, 5) is 0. The topological polar surface area (TPSA) is 87.7 Å². The monoisotopic (exact) mass is 396 g/mol. The van der Waals surface area contributed by atoms with E-state index in [4.69, 9.17) is 33.7 Å². The highest BCUT2D eigenvalue weighted by atomic mass is 35.5. The first-order valence-electron chi connectivity index (χ1n) is 8.18. The molecular weight excluding hydrogens is 383 g/mol. The fraction of sp³-hybridized carbons (Fsp3) is 0.100. The number of H-pyrrole nitrogens is 1. The van der Waals surface area contributed by atoms with Gasteiger partial charge in [0.1, 0.15) is 11.6 Å². The molecule has 0 spiro atoms. The van der Waals surface area contributed by atoms with Gasteiger partial charge < -0.3 is 10.5 Å². The number of nitriles is 1. The van der Waals surface area contributed by atoms with Gasteiger partial charge in [0.2, 0.25) is 11.8 Å². The molecule has 7 heteroatoms. The van der Waals surface area contributed by atoms with Crippen LogP contribution in [-0.4, -0.2) is 10.2 Å². The molecule has 1 aromatic heterocycles. The second kappa shape index (κ2) is 6.66. The summed E-state index contributed by atoms with van der Waals surface area (Å²) in [6, 6.07) is 15.4. The number of benzene rings is 2. The lowest BCUT2D eigenvalue weighted by Gasteiger charge is -2.25.